The number of nitrogens with zero attached hydrogens (tertiary/aromatic N) is 2. The summed E-state index contributed by atoms with van der Waals surface area (Å²) in [6.07, 6.45) is 0.479. The van der Waals surface area contributed by atoms with Crippen LogP contribution in [0.4, 0.5) is 4.39 Å². The molecule has 0 saturated heterocycles. The Bertz CT molecular complexity index is 561. The van der Waals surface area contributed by atoms with Crippen molar-refractivity contribution < 1.29 is 4.39 Å². The van der Waals surface area contributed by atoms with E-state index in [9.17, 15) is 9.18 Å². The first kappa shape index (κ1) is 11.5. The van der Waals surface area contributed by atoms with Gasteiger partial charge in [-0.2, -0.15) is 5.10 Å². The van der Waals surface area contributed by atoms with Crippen molar-refractivity contribution in [2.24, 2.45) is 5.73 Å². The number of nitrogens with two attached hydrogens (primary N) is 1. The second kappa shape index (κ2) is 4.92. The van der Waals surface area contributed by atoms with E-state index in [1.165, 1.54) is 10.6 Å². The first-order valence-corrected chi connectivity index (χ1v) is 5.30. The molecule has 0 amide bonds. The standard InChI is InChI=1S/C11H13FN4O/c12-9-4-2-1-3-8(9)7-16-10(5-6-13)14-15-11(16)17/h1-4H,5-7,13H2,(H,15,17). The van der Waals surface area contributed by atoms with E-state index in [0.29, 0.717) is 24.4 Å². The minimum atomic E-state index is -0.350. The molecule has 0 spiro atoms. The van der Waals surface area contributed by atoms with E-state index in [-0.39, 0.29) is 18.1 Å². The minimum Gasteiger partial charge on any atom is -0.330 e. The van der Waals surface area contributed by atoms with E-state index in [2.05, 4.69) is 10.2 Å². The van der Waals surface area contributed by atoms with Crippen LogP contribution in [0, 0.1) is 5.82 Å². The Morgan fingerprint density at radius 1 is 1.41 bits per heavy atom. The van der Waals surface area contributed by atoms with Crippen LogP contribution in [-0.4, -0.2) is 21.3 Å². The van der Waals surface area contributed by atoms with Gasteiger partial charge < -0.3 is 5.73 Å². The number of aromatic nitrogens is 3. The monoisotopic (exact) mass is 236 g/mol. The van der Waals surface area contributed by atoms with E-state index in [4.69, 9.17) is 5.73 Å². The minimum absolute atomic E-state index is 0.164. The van der Waals surface area contributed by atoms with Gasteiger partial charge in [-0.05, 0) is 12.6 Å². The van der Waals surface area contributed by atoms with Crippen LogP contribution in [0.5, 0.6) is 0 Å². The third-order valence-corrected chi connectivity index (χ3v) is 2.49. The zero-order valence-electron chi connectivity index (χ0n) is 9.19. The van der Waals surface area contributed by atoms with Crippen LogP contribution in [0.15, 0.2) is 29.1 Å². The number of H-pyrrole nitrogens is 1. The van der Waals surface area contributed by atoms with Crippen LogP contribution in [0.2, 0.25) is 0 Å². The maximum atomic E-state index is 13.5. The zero-order chi connectivity index (χ0) is 12.3. The zero-order valence-corrected chi connectivity index (χ0v) is 9.19. The number of nitrogens with one attached hydrogen (secondary N) is 1. The van der Waals surface area contributed by atoms with Gasteiger partial charge in [0, 0.05) is 12.0 Å². The van der Waals surface area contributed by atoms with Crippen molar-refractivity contribution in [2.75, 3.05) is 6.54 Å². The number of aromatic amines is 1. The van der Waals surface area contributed by atoms with E-state index in [1.54, 1.807) is 18.2 Å². The maximum Gasteiger partial charge on any atom is 0.343 e. The quantitative estimate of drug-likeness (QED) is 0.799. The lowest BCUT2D eigenvalue weighted by molar-refractivity contribution is 0.590. The number of hydrogen-bond acceptors (Lipinski definition) is 3. The van der Waals surface area contributed by atoms with Crippen molar-refractivity contribution in [1.29, 1.82) is 0 Å². The lowest BCUT2D eigenvalue weighted by Crippen LogP contribution is -2.21. The van der Waals surface area contributed by atoms with Crippen molar-refractivity contribution in [3.63, 3.8) is 0 Å². The molecular weight excluding hydrogens is 223 g/mol. The summed E-state index contributed by atoms with van der Waals surface area (Å²) in [5.74, 6) is 0.208. The van der Waals surface area contributed by atoms with Crippen LogP contribution in [-0.2, 0) is 13.0 Å². The average molecular weight is 236 g/mol. The van der Waals surface area contributed by atoms with Gasteiger partial charge in [-0.3, -0.25) is 4.57 Å². The topological polar surface area (TPSA) is 76.7 Å². The largest absolute Gasteiger partial charge is 0.343 e. The summed E-state index contributed by atoms with van der Waals surface area (Å²) >= 11 is 0. The molecule has 6 heteroatoms. The van der Waals surface area contributed by atoms with Gasteiger partial charge in [-0.15, -0.1) is 0 Å². The van der Waals surface area contributed by atoms with E-state index >= 15 is 0 Å². The Hall–Kier alpha value is -1.95. The van der Waals surface area contributed by atoms with Gasteiger partial charge in [-0.1, -0.05) is 18.2 Å². The molecule has 5 nitrogen and oxygen atoms in total. The molecular formula is C11H13FN4O. The third-order valence-electron chi connectivity index (χ3n) is 2.49. The van der Waals surface area contributed by atoms with Crippen LogP contribution in [0.25, 0.3) is 0 Å². The molecule has 3 N–H and O–H groups in total. The molecule has 1 aromatic carbocycles. The van der Waals surface area contributed by atoms with Crippen LogP contribution in [0.3, 0.4) is 0 Å². The second-order valence-corrected chi connectivity index (χ2v) is 3.66. The van der Waals surface area contributed by atoms with Gasteiger partial charge in [0.1, 0.15) is 11.6 Å². The molecule has 1 heterocycles. The number of halogens is 1. The summed E-state index contributed by atoms with van der Waals surface area (Å²) in [5, 5.41) is 6.20. The summed E-state index contributed by atoms with van der Waals surface area (Å²) in [5.41, 5.74) is 5.52. The smallest absolute Gasteiger partial charge is 0.330 e. The molecule has 0 aliphatic rings. The summed E-state index contributed by atoms with van der Waals surface area (Å²) in [6, 6.07) is 6.34. The molecule has 0 bridgehead atoms. The summed E-state index contributed by atoms with van der Waals surface area (Å²) < 4.78 is 14.9. The van der Waals surface area contributed by atoms with Gasteiger partial charge in [0.15, 0.2) is 0 Å². The third kappa shape index (κ3) is 2.42. The van der Waals surface area contributed by atoms with Gasteiger partial charge >= 0.3 is 5.69 Å². The fraction of sp³-hybridized carbons (Fsp3) is 0.273. The summed E-state index contributed by atoms with van der Waals surface area (Å²) in [7, 11) is 0. The highest BCUT2D eigenvalue weighted by molar-refractivity contribution is 5.18. The van der Waals surface area contributed by atoms with Gasteiger partial charge in [0.2, 0.25) is 0 Å². The van der Waals surface area contributed by atoms with Crippen LogP contribution < -0.4 is 11.4 Å². The molecule has 0 aliphatic carbocycles. The predicted molar refractivity (Wildman–Crippen MR) is 61.1 cm³/mol. The SMILES string of the molecule is NCCc1n[nH]c(=O)n1Cc1ccccc1F. The molecule has 2 rings (SSSR count). The molecule has 0 radical (unpaired) electrons. The van der Waals surface area contributed by atoms with Crippen molar-refractivity contribution in [1.82, 2.24) is 14.8 Å². The molecule has 90 valence electrons. The molecule has 0 saturated carbocycles. The lowest BCUT2D eigenvalue weighted by Gasteiger charge is -2.05. The van der Waals surface area contributed by atoms with Gasteiger partial charge in [0.05, 0.1) is 6.54 Å². The normalized spacial score (nSPS) is 10.7. The maximum absolute atomic E-state index is 13.5. The summed E-state index contributed by atoms with van der Waals surface area (Å²) in [4.78, 5) is 11.5. The highest BCUT2D eigenvalue weighted by atomic mass is 19.1. The lowest BCUT2D eigenvalue weighted by atomic mass is 10.2. The second-order valence-electron chi connectivity index (χ2n) is 3.66. The van der Waals surface area contributed by atoms with Crippen molar-refractivity contribution in [3.05, 3.63) is 52.0 Å². The average Bonchev–Trinajstić information content (AvgIpc) is 2.65. The predicted octanol–water partition coefficient (Wildman–Crippen LogP) is 0.260. The fourth-order valence-electron chi connectivity index (χ4n) is 1.63. The van der Waals surface area contributed by atoms with Crippen molar-refractivity contribution in [2.45, 2.75) is 13.0 Å². The number of benzene rings is 1. The Kier molecular flexibility index (Phi) is 3.34. The van der Waals surface area contributed by atoms with Crippen molar-refractivity contribution in [3.8, 4) is 0 Å². The Balaban J connectivity index is 2.33. The molecule has 2 aromatic rings. The first-order valence-electron chi connectivity index (χ1n) is 5.30. The van der Waals surface area contributed by atoms with Crippen LogP contribution >= 0.6 is 0 Å². The highest BCUT2D eigenvalue weighted by Crippen LogP contribution is 2.08. The van der Waals surface area contributed by atoms with Gasteiger partial charge in [0.25, 0.3) is 0 Å². The van der Waals surface area contributed by atoms with E-state index < -0.39 is 0 Å². The fourth-order valence-corrected chi connectivity index (χ4v) is 1.63. The first-order chi connectivity index (χ1) is 8.22. The highest BCUT2D eigenvalue weighted by Gasteiger charge is 2.09. The Morgan fingerprint density at radius 3 is 2.88 bits per heavy atom. The molecule has 0 aliphatic heterocycles. The van der Waals surface area contributed by atoms with E-state index in [0.717, 1.165) is 0 Å². The molecule has 1 aromatic heterocycles. The molecule has 17 heavy (non-hydrogen) atoms. The Morgan fingerprint density at radius 2 is 2.18 bits per heavy atom. The molecule has 0 fully saturated rings. The van der Waals surface area contributed by atoms with E-state index in [1.807, 2.05) is 0 Å². The number of rotatable bonds is 4. The molecule has 0 atom stereocenters. The summed E-state index contributed by atoms with van der Waals surface area (Å²) in [6.45, 7) is 0.554. The molecule has 0 unspecified atom stereocenters. The number of hydrogen-bond donors (Lipinski definition) is 2. The van der Waals surface area contributed by atoms with Crippen molar-refractivity contribution >= 4 is 0 Å². The Labute approximate surface area is 97.1 Å². The van der Waals surface area contributed by atoms with Gasteiger partial charge in [-0.25, -0.2) is 14.3 Å². The van der Waals surface area contributed by atoms with Crippen LogP contribution in [0.1, 0.15) is 11.4 Å².